The third-order valence-corrected chi connectivity index (χ3v) is 17.9. The van der Waals surface area contributed by atoms with E-state index >= 15 is 0 Å². The Balaban J connectivity index is 1.04. The lowest BCUT2D eigenvalue weighted by Gasteiger charge is -2.46. The van der Waals surface area contributed by atoms with Crippen molar-refractivity contribution in [1.82, 2.24) is 0 Å². The van der Waals surface area contributed by atoms with Crippen molar-refractivity contribution in [1.29, 1.82) is 0 Å². The fraction of sp³-hybridized carbons (Fsp3) is 0.100. The Morgan fingerprint density at radius 1 is 0.349 bits per heavy atom. The Morgan fingerprint density at radius 3 is 1.51 bits per heavy atom. The van der Waals surface area contributed by atoms with E-state index in [1.54, 1.807) is 0 Å². The average Bonchev–Trinajstić information content (AvgIpc) is 1.98. The molecule has 0 radical (unpaired) electrons. The van der Waals surface area contributed by atoms with Gasteiger partial charge in [0.2, 0.25) is 0 Å². The van der Waals surface area contributed by atoms with Gasteiger partial charge in [0.15, 0.2) is 0 Å². The van der Waals surface area contributed by atoms with Gasteiger partial charge in [0.05, 0.1) is 5.69 Å². The van der Waals surface area contributed by atoms with Gasteiger partial charge < -0.3 is 23.4 Å². The molecule has 0 atom stereocenters. The van der Waals surface area contributed by atoms with E-state index < -0.39 is 0 Å². The molecule has 6 heteroatoms. The first kappa shape index (κ1) is 51.4. The summed E-state index contributed by atoms with van der Waals surface area (Å²) in [7, 11) is 0. The van der Waals surface area contributed by atoms with Crippen molar-refractivity contribution in [2.75, 3.05) is 14.6 Å². The van der Waals surface area contributed by atoms with E-state index in [1.807, 2.05) is 0 Å². The molecule has 5 nitrogen and oxygen atoms in total. The van der Waals surface area contributed by atoms with Gasteiger partial charge in [0.25, 0.3) is 0 Å². The first-order valence-corrected chi connectivity index (χ1v) is 30.0. The highest BCUT2D eigenvalue weighted by molar-refractivity contribution is 6.94. The lowest BCUT2D eigenvalue weighted by molar-refractivity contribution is 0.590. The summed E-state index contributed by atoms with van der Waals surface area (Å²) in [5, 5.41) is 4.28. The molecule has 0 bridgehead atoms. The van der Waals surface area contributed by atoms with Crippen LogP contribution >= 0.6 is 0 Å². The molecule has 0 aliphatic carbocycles. The number of nitrogens with zero attached hydrogens (tertiary/aromatic N) is 3. The van der Waals surface area contributed by atoms with Gasteiger partial charge in [-0.1, -0.05) is 217 Å². The molecule has 2 aliphatic heterocycles. The largest absolute Gasteiger partial charge is 0.456 e. The van der Waals surface area contributed by atoms with Crippen molar-refractivity contribution in [2.45, 2.75) is 52.4 Å². The zero-order valence-electron chi connectivity index (χ0n) is 49.1. The molecule has 14 aromatic rings. The van der Waals surface area contributed by atoms with E-state index in [4.69, 9.17) is 8.83 Å². The predicted molar refractivity (Wildman–Crippen MR) is 363 cm³/mol. The molecular formula is C80H62BN3O2. The van der Waals surface area contributed by atoms with E-state index in [9.17, 15) is 0 Å². The molecule has 0 saturated heterocycles. The number of benzene rings is 12. The highest BCUT2D eigenvalue weighted by atomic mass is 16.3. The molecule has 12 aromatic carbocycles. The normalized spacial score (nSPS) is 12.9. The van der Waals surface area contributed by atoms with Crippen molar-refractivity contribution < 1.29 is 8.83 Å². The van der Waals surface area contributed by atoms with E-state index in [-0.39, 0.29) is 17.7 Å². The summed E-state index contributed by atoms with van der Waals surface area (Å²) < 4.78 is 14.1. The average molecular weight is 1110 g/mol. The fourth-order valence-electron chi connectivity index (χ4n) is 13.6. The summed E-state index contributed by atoms with van der Waals surface area (Å²) in [5.41, 5.74) is 25.7. The van der Waals surface area contributed by atoms with E-state index in [0.717, 1.165) is 139 Å². The third kappa shape index (κ3) is 8.37. The van der Waals surface area contributed by atoms with Gasteiger partial charge in [0, 0.05) is 78.0 Å². The van der Waals surface area contributed by atoms with Crippen LogP contribution in [0.2, 0.25) is 0 Å². The third-order valence-electron chi connectivity index (χ3n) is 17.9. The number of para-hydroxylation sites is 2. The molecular weight excluding hydrogens is 1050 g/mol. The highest BCUT2D eigenvalue weighted by Gasteiger charge is 2.47. The second kappa shape index (κ2) is 19.7. The zero-order valence-corrected chi connectivity index (χ0v) is 49.1. The van der Waals surface area contributed by atoms with Crippen LogP contribution in [-0.2, 0) is 10.8 Å². The van der Waals surface area contributed by atoms with Gasteiger partial charge in [-0.15, -0.1) is 0 Å². The van der Waals surface area contributed by atoms with Crippen molar-refractivity contribution in [3.05, 3.63) is 278 Å². The Bertz CT molecular complexity index is 4890. The van der Waals surface area contributed by atoms with Gasteiger partial charge in [-0.05, 0) is 152 Å². The molecule has 2 aromatic heterocycles. The van der Waals surface area contributed by atoms with Gasteiger partial charge in [-0.2, -0.15) is 0 Å². The van der Waals surface area contributed by atoms with Crippen LogP contribution in [0.5, 0.6) is 0 Å². The number of rotatable bonds is 8. The van der Waals surface area contributed by atoms with Crippen LogP contribution in [0.1, 0.15) is 52.7 Å². The standard InChI is InChI=1S/C80H62BN3O2/c1-79(2,3)56-36-39-58(40-37-56)84-70-48-65-62-32-16-18-34-73(62)85-75(65)50-67(70)76-77-72(49-66-63-33-17-19-35-74(63)86-78(66)76)83(69-43-38-57(80(4,5)6)46-64(69)53-26-14-9-15-27-53)71-47-61(41-42-68(71)81(77)84)82(59-30-20-28-54(44-59)51-22-10-7-11-23-51)60-31-21-29-55(45-60)52-24-12-8-13-25-52/h7-50H,1-6H3. The van der Waals surface area contributed by atoms with Crippen molar-refractivity contribution in [3.63, 3.8) is 0 Å². The number of furan rings is 2. The molecule has 412 valence electrons. The summed E-state index contributed by atoms with van der Waals surface area (Å²) >= 11 is 0. The number of fused-ring (bicyclic) bond motifs is 11. The smallest absolute Gasteiger partial charge is 0.333 e. The fourth-order valence-corrected chi connectivity index (χ4v) is 13.6. The topological polar surface area (TPSA) is 36.0 Å². The second-order valence-electron chi connectivity index (χ2n) is 25.3. The molecule has 16 rings (SSSR count). The molecule has 86 heavy (non-hydrogen) atoms. The van der Waals surface area contributed by atoms with Gasteiger partial charge in [-0.25, -0.2) is 0 Å². The molecule has 0 N–H and O–H groups in total. The van der Waals surface area contributed by atoms with Crippen LogP contribution in [0.3, 0.4) is 0 Å². The summed E-state index contributed by atoms with van der Waals surface area (Å²) in [4.78, 5) is 7.66. The molecule has 2 aliphatic rings. The number of hydrogen-bond donors (Lipinski definition) is 0. The summed E-state index contributed by atoms with van der Waals surface area (Å²) in [6.45, 7) is 13.5. The Morgan fingerprint density at radius 2 is 0.884 bits per heavy atom. The lowest BCUT2D eigenvalue weighted by Crippen LogP contribution is -2.61. The highest BCUT2D eigenvalue weighted by Crippen LogP contribution is 2.54. The maximum atomic E-state index is 7.28. The van der Waals surface area contributed by atoms with Crippen LogP contribution < -0.4 is 25.5 Å². The minimum atomic E-state index is -0.327. The molecule has 0 fully saturated rings. The molecule has 0 spiro atoms. The Kier molecular flexibility index (Phi) is 11.7. The maximum Gasteiger partial charge on any atom is 0.333 e. The van der Waals surface area contributed by atoms with Crippen LogP contribution in [0.4, 0.5) is 45.5 Å². The summed E-state index contributed by atoms with van der Waals surface area (Å²) in [6, 6.07) is 98.2. The summed E-state index contributed by atoms with van der Waals surface area (Å²) in [6.07, 6.45) is 0. The Hall–Kier alpha value is -10.3. The first-order chi connectivity index (χ1) is 41.9. The van der Waals surface area contributed by atoms with E-state index in [0.29, 0.717) is 0 Å². The SMILES string of the molecule is CC(C)(C)c1ccc(N2B3c4ccc(N(c5cccc(-c6ccccc6)c5)c5cccc(-c6ccccc6)c5)cc4N(c4ccc(C(C)(C)C)cc4-c4ccccc4)c4cc5c(oc6ccccc65)c(c43)-c3cc4oc5ccccc5c4cc32)cc1. The van der Waals surface area contributed by atoms with Crippen LogP contribution in [0.15, 0.2) is 276 Å². The van der Waals surface area contributed by atoms with Crippen LogP contribution in [-0.4, -0.2) is 6.85 Å². The molecule has 0 amide bonds. The number of hydrogen-bond acceptors (Lipinski definition) is 5. The second-order valence-corrected chi connectivity index (χ2v) is 25.3. The number of anilines is 8. The van der Waals surface area contributed by atoms with E-state index in [2.05, 4.69) is 323 Å². The van der Waals surface area contributed by atoms with Crippen molar-refractivity contribution in [3.8, 4) is 44.5 Å². The van der Waals surface area contributed by atoms with E-state index in [1.165, 1.54) is 16.6 Å². The van der Waals surface area contributed by atoms with Gasteiger partial charge in [0.1, 0.15) is 22.3 Å². The maximum absolute atomic E-state index is 7.28. The van der Waals surface area contributed by atoms with Crippen LogP contribution in [0.25, 0.3) is 88.4 Å². The monoisotopic (exact) mass is 1110 g/mol. The Labute approximate surface area is 502 Å². The minimum Gasteiger partial charge on any atom is -0.456 e. The van der Waals surface area contributed by atoms with Gasteiger partial charge in [-0.3, -0.25) is 0 Å². The van der Waals surface area contributed by atoms with Gasteiger partial charge >= 0.3 is 6.85 Å². The zero-order chi connectivity index (χ0) is 58.0. The van der Waals surface area contributed by atoms with Crippen molar-refractivity contribution >= 4 is 107 Å². The minimum absolute atomic E-state index is 0.0483. The predicted octanol–water partition coefficient (Wildman–Crippen LogP) is 21.3. The molecule has 0 unspecified atom stereocenters. The quantitative estimate of drug-likeness (QED) is 0.142. The van der Waals surface area contributed by atoms with Crippen molar-refractivity contribution in [2.24, 2.45) is 0 Å². The van der Waals surface area contributed by atoms with Crippen LogP contribution in [0, 0.1) is 0 Å². The lowest BCUT2D eigenvalue weighted by atomic mass is 9.43. The first-order valence-electron chi connectivity index (χ1n) is 30.0. The summed E-state index contributed by atoms with van der Waals surface area (Å²) in [5.74, 6) is 0. The molecule has 4 heterocycles. The molecule has 0 saturated carbocycles.